The molecule has 3 N–H and O–H groups in total. The van der Waals surface area contributed by atoms with E-state index in [-0.39, 0.29) is 17.3 Å². The predicted octanol–water partition coefficient (Wildman–Crippen LogP) is 2.40. The normalized spacial score (nSPS) is 11.6. The fraction of sp³-hybridized carbons (Fsp3) is 0.462. The Bertz CT molecular complexity index is 482. The molecule has 0 amide bonds. The van der Waals surface area contributed by atoms with E-state index >= 15 is 0 Å². The Morgan fingerprint density at radius 1 is 1.58 bits per heavy atom. The molecule has 1 rings (SSSR count). The largest absolute Gasteiger partial charge is 0.381 e. The summed E-state index contributed by atoms with van der Waals surface area (Å²) in [5, 5.41) is 22.8. The van der Waals surface area contributed by atoms with Gasteiger partial charge in [-0.3, -0.25) is 10.1 Å². The van der Waals surface area contributed by atoms with Crippen molar-refractivity contribution in [2.75, 3.05) is 11.9 Å². The van der Waals surface area contributed by atoms with Gasteiger partial charge >= 0.3 is 0 Å². The SMILES string of the molecule is CCCCC(CN)Nc1ccc(C#N)c([N+](=O)[O-])c1. The molecule has 0 bridgehead atoms. The Hall–Kier alpha value is -2.13. The van der Waals surface area contributed by atoms with Crippen molar-refractivity contribution in [2.24, 2.45) is 5.73 Å². The molecule has 0 spiro atoms. The second kappa shape index (κ2) is 7.34. The number of hydrogen-bond acceptors (Lipinski definition) is 5. The number of rotatable bonds is 7. The summed E-state index contributed by atoms with van der Waals surface area (Å²) in [5.41, 5.74) is 6.17. The minimum absolute atomic E-state index is 0.0633. The summed E-state index contributed by atoms with van der Waals surface area (Å²) in [5.74, 6) is 0. The molecule has 0 aliphatic carbocycles. The minimum Gasteiger partial charge on any atom is -0.381 e. The average Bonchev–Trinajstić information content (AvgIpc) is 2.43. The van der Waals surface area contributed by atoms with Crippen molar-refractivity contribution in [1.29, 1.82) is 5.26 Å². The van der Waals surface area contributed by atoms with Gasteiger partial charge in [0.1, 0.15) is 11.6 Å². The highest BCUT2D eigenvalue weighted by Gasteiger charge is 2.15. The van der Waals surface area contributed by atoms with E-state index in [1.165, 1.54) is 12.1 Å². The van der Waals surface area contributed by atoms with Crippen molar-refractivity contribution in [1.82, 2.24) is 0 Å². The zero-order valence-corrected chi connectivity index (χ0v) is 10.9. The van der Waals surface area contributed by atoms with Gasteiger partial charge in [0.2, 0.25) is 0 Å². The summed E-state index contributed by atoms with van der Waals surface area (Å²) in [7, 11) is 0. The van der Waals surface area contributed by atoms with E-state index < -0.39 is 4.92 Å². The van der Waals surface area contributed by atoms with E-state index in [2.05, 4.69) is 12.2 Å². The number of nitro benzene ring substituents is 1. The smallest absolute Gasteiger partial charge is 0.289 e. The average molecular weight is 262 g/mol. The van der Waals surface area contributed by atoms with Crippen LogP contribution in [0.25, 0.3) is 0 Å². The summed E-state index contributed by atoms with van der Waals surface area (Å²) in [6.45, 7) is 2.56. The number of hydrogen-bond donors (Lipinski definition) is 2. The standard InChI is InChI=1S/C13H18N4O2/c1-2-3-4-12(9-15)16-11-6-5-10(8-14)13(7-11)17(18)19/h5-7,12,16H,2-4,9,15H2,1H3. The summed E-state index contributed by atoms with van der Waals surface area (Å²) >= 11 is 0. The van der Waals surface area contributed by atoms with E-state index in [1.54, 1.807) is 6.07 Å². The zero-order valence-electron chi connectivity index (χ0n) is 10.9. The van der Waals surface area contributed by atoms with E-state index in [1.807, 2.05) is 6.07 Å². The summed E-state index contributed by atoms with van der Waals surface area (Å²) < 4.78 is 0. The molecule has 6 nitrogen and oxygen atoms in total. The summed E-state index contributed by atoms with van der Waals surface area (Å²) in [6.07, 6.45) is 3.04. The van der Waals surface area contributed by atoms with E-state index in [0.717, 1.165) is 19.3 Å². The number of nitrogens with one attached hydrogen (secondary N) is 1. The number of nitriles is 1. The van der Waals surface area contributed by atoms with Gasteiger partial charge < -0.3 is 11.1 Å². The number of nitrogens with zero attached hydrogens (tertiary/aromatic N) is 2. The molecular formula is C13H18N4O2. The molecule has 1 unspecified atom stereocenters. The quantitative estimate of drug-likeness (QED) is 0.579. The molecule has 6 heteroatoms. The molecule has 102 valence electrons. The summed E-state index contributed by atoms with van der Waals surface area (Å²) in [6, 6.07) is 6.40. The lowest BCUT2D eigenvalue weighted by Gasteiger charge is -2.17. The Morgan fingerprint density at radius 2 is 2.32 bits per heavy atom. The van der Waals surface area contributed by atoms with Crippen molar-refractivity contribution in [3.05, 3.63) is 33.9 Å². The number of nitrogens with two attached hydrogens (primary N) is 1. The molecule has 1 aromatic rings. The fourth-order valence-electron chi connectivity index (χ4n) is 1.80. The van der Waals surface area contributed by atoms with Crippen LogP contribution >= 0.6 is 0 Å². The van der Waals surface area contributed by atoms with Crippen molar-refractivity contribution >= 4 is 11.4 Å². The Kier molecular flexibility index (Phi) is 5.76. The van der Waals surface area contributed by atoms with Gasteiger partial charge in [-0.05, 0) is 18.6 Å². The highest BCUT2D eigenvalue weighted by atomic mass is 16.6. The first-order valence-corrected chi connectivity index (χ1v) is 6.27. The molecule has 19 heavy (non-hydrogen) atoms. The molecule has 0 radical (unpaired) electrons. The molecule has 1 atom stereocenters. The van der Waals surface area contributed by atoms with Gasteiger partial charge in [-0.15, -0.1) is 0 Å². The number of nitro groups is 1. The van der Waals surface area contributed by atoms with Crippen LogP contribution < -0.4 is 11.1 Å². The number of benzene rings is 1. The van der Waals surface area contributed by atoms with Crippen LogP contribution in [-0.2, 0) is 0 Å². The lowest BCUT2D eigenvalue weighted by molar-refractivity contribution is -0.385. The highest BCUT2D eigenvalue weighted by Crippen LogP contribution is 2.23. The van der Waals surface area contributed by atoms with Gasteiger partial charge in [0.15, 0.2) is 0 Å². The second-order valence-corrected chi connectivity index (χ2v) is 4.32. The first kappa shape index (κ1) is 14.9. The van der Waals surface area contributed by atoms with Gasteiger partial charge in [-0.1, -0.05) is 19.8 Å². The lowest BCUT2D eigenvalue weighted by atomic mass is 10.1. The zero-order chi connectivity index (χ0) is 14.3. The van der Waals surface area contributed by atoms with E-state index in [9.17, 15) is 10.1 Å². The topological polar surface area (TPSA) is 105 Å². The third-order valence-corrected chi connectivity index (χ3v) is 2.88. The minimum atomic E-state index is -0.548. The number of anilines is 1. The monoisotopic (exact) mass is 262 g/mol. The molecule has 1 aromatic carbocycles. The van der Waals surface area contributed by atoms with Crippen LogP contribution in [0.2, 0.25) is 0 Å². The summed E-state index contributed by atoms with van der Waals surface area (Å²) in [4.78, 5) is 10.3. The molecule has 0 aromatic heterocycles. The second-order valence-electron chi connectivity index (χ2n) is 4.32. The fourth-order valence-corrected chi connectivity index (χ4v) is 1.80. The van der Waals surface area contributed by atoms with Crippen molar-refractivity contribution in [3.63, 3.8) is 0 Å². The Balaban J connectivity index is 2.87. The number of unbranched alkanes of at least 4 members (excludes halogenated alkanes) is 1. The lowest BCUT2D eigenvalue weighted by Crippen LogP contribution is -2.28. The molecule has 0 aliphatic rings. The Labute approximate surface area is 112 Å². The van der Waals surface area contributed by atoms with E-state index in [4.69, 9.17) is 11.0 Å². The van der Waals surface area contributed by atoms with Gasteiger partial charge in [-0.2, -0.15) is 5.26 Å². The molecule has 0 aliphatic heterocycles. The van der Waals surface area contributed by atoms with Crippen LogP contribution in [0.5, 0.6) is 0 Å². The first-order chi connectivity index (χ1) is 9.12. The highest BCUT2D eigenvalue weighted by molar-refractivity contribution is 5.59. The first-order valence-electron chi connectivity index (χ1n) is 6.27. The van der Waals surface area contributed by atoms with Gasteiger partial charge in [0.05, 0.1) is 4.92 Å². The van der Waals surface area contributed by atoms with E-state index in [0.29, 0.717) is 12.2 Å². The maximum Gasteiger partial charge on any atom is 0.289 e. The van der Waals surface area contributed by atoms with Crippen LogP contribution in [0.1, 0.15) is 31.7 Å². The van der Waals surface area contributed by atoms with Gasteiger partial charge in [0, 0.05) is 24.3 Å². The Morgan fingerprint density at radius 3 is 2.84 bits per heavy atom. The maximum atomic E-state index is 10.9. The van der Waals surface area contributed by atoms with Crippen molar-refractivity contribution in [2.45, 2.75) is 32.2 Å². The van der Waals surface area contributed by atoms with Crippen LogP contribution in [0, 0.1) is 21.4 Å². The van der Waals surface area contributed by atoms with Crippen molar-refractivity contribution in [3.8, 4) is 6.07 Å². The third-order valence-electron chi connectivity index (χ3n) is 2.88. The molecule has 0 saturated carbocycles. The molecule has 0 heterocycles. The molecule has 0 saturated heterocycles. The predicted molar refractivity (Wildman–Crippen MR) is 73.8 cm³/mol. The van der Waals surface area contributed by atoms with Crippen LogP contribution in [0.4, 0.5) is 11.4 Å². The molecule has 0 fully saturated rings. The third kappa shape index (κ3) is 4.23. The van der Waals surface area contributed by atoms with Crippen LogP contribution in [0.15, 0.2) is 18.2 Å². The van der Waals surface area contributed by atoms with Crippen molar-refractivity contribution < 1.29 is 4.92 Å². The van der Waals surface area contributed by atoms with Gasteiger partial charge in [-0.25, -0.2) is 0 Å². The van der Waals surface area contributed by atoms with Crippen LogP contribution in [0.3, 0.4) is 0 Å². The molecular weight excluding hydrogens is 244 g/mol. The van der Waals surface area contributed by atoms with Gasteiger partial charge in [0.25, 0.3) is 5.69 Å². The van der Waals surface area contributed by atoms with Crippen LogP contribution in [-0.4, -0.2) is 17.5 Å². The maximum absolute atomic E-state index is 10.9.